The highest BCUT2D eigenvalue weighted by molar-refractivity contribution is 9.10. The number of halogens is 1. The maximum Gasteiger partial charge on any atom is 0.325 e. The monoisotopic (exact) mass is 483 g/mol. The summed E-state index contributed by atoms with van der Waals surface area (Å²) in [6.07, 6.45) is 0.875. The van der Waals surface area contributed by atoms with Gasteiger partial charge in [0.2, 0.25) is 10.0 Å². The van der Waals surface area contributed by atoms with Crippen LogP contribution in [0.3, 0.4) is 0 Å². The number of aliphatic carboxylic acids is 1. The number of carboxylic acids is 1. The average Bonchev–Trinajstić information content (AvgIpc) is 3.33. The van der Waals surface area contributed by atoms with Gasteiger partial charge in [-0.15, -0.1) is 0 Å². The summed E-state index contributed by atoms with van der Waals surface area (Å²) in [6, 6.07) is 20.2. The molecule has 0 amide bonds. The number of hydrogen-bond acceptors (Lipinski definition) is 3. The fraction of sp³-hybridized carbons (Fsp3) is 0.174. The summed E-state index contributed by atoms with van der Waals surface area (Å²) in [6.45, 7) is 0. The van der Waals surface area contributed by atoms with Gasteiger partial charge in [-0.3, -0.25) is 4.79 Å². The smallest absolute Gasteiger partial charge is 0.325 e. The molecule has 0 radical (unpaired) electrons. The molecule has 5 nitrogen and oxygen atoms in total. The van der Waals surface area contributed by atoms with Crippen LogP contribution in [0.15, 0.2) is 76.1 Å². The van der Waals surface area contributed by atoms with Crippen molar-refractivity contribution in [2.24, 2.45) is 0 Å². The largest absolute Gasteiger partial charge is 0.480 e. The van der Waals surface area contributed by atoms with Crippen LogP contribution in [-0.2, 0) is 21.2 Å². The van der Waals surface area contributed by atoms with Crippen molar-refractivity contribution in [3.63, 3.8) is 0 Å². The second-order valence-electron chi connectivity index (χ2n) is 7.85. The molecule has 3 aromatic rings. The van der Waals surface area contributed by atoms with Gasteiger partial charge < -0.3 is 5.11 Å². The van der Waals surface area contributed by atoms with E-state index in [0.29, 0.717) is 6.42 Å². The van der Waals surface area contributed by atoms with Crippen molar-refractivity contribution in [2.45, 2.75) is 29.2 Å². The first-order valence-corrected chi connectivity index (χ1v) is 11.8. The molecule has 2 N–H and O–H groups in total. The SMILES string of the molecule is O=C(O)[C@@]1(NS(=O)(=O)c2ccc3c(c2)Cc2cc(Br)ccc2-3)C[C@@H]1c1ccccc1. The molecule has 2 aliphatic carbocycles. The molecule has 152 valence electrons. The van der Waals surface area contributed by atoms with Gasteiger partial charge in [0.15, 0.2) is 0 Å². The zero-order chi connectivity index (χ0) is 21.1. The summed E-state index contributed by atoms with van der Waals surface area (Å²) < 4.78 is 29.7. The van der Waals surface area contributed by atoms with Crippen molar-refractivity contribution in [1.82, 2.24) is 4.72 Å². The summed E-state index contributed by atoms with van der Waals surface area (Å²) in [5.41, 5.74) is 3.47. The lowest BCUT2D eigenvalue weighted by Crippen LogP contribution is -2.44. The molecular formula is C23H18BrNO4S. The summed E-state index contributed by atoms with van der Waals surface area (Å²) >= 11 is 3.47. The normalized spacial score (nSPS) is 21.7. The van der Waals surface area contributed by atoms with Crippen molar-refractivity contribution < 1.29 is 18.3 Å². The lowest BCUT2D eigenvalue weighted by molar-refractivity contribution is -0.140. The maximum absolute atomic E-state index is 13.1. The molecule has 1 saturated carbocycles. The second-order valence-corrected chi connectivity index (χ2v) is 10.4. The van der Waals surface area contributed by atoms with Crippen molar-refractivity contribution in [3.8, 4) is 11.1 Å². The molecule has 0 saturated heterocycles. The minimum absolute atomic E-state index is 0.0902. The van der Waals surface area contributed by atoms with Gasteiger partial charge >= 0.3 is 5.97 Å². The highest BCUT2D eigenvalue weighted by atomic mass is 79.9. The third-order valence-electron chi connectivity index (χ3n) is 5.99. The number of hydrogen-bond donors (Lipinski definition) is 2. The summed E-state index contributed by atoms with van der Waals surface area (Å²) in [5.74, 6) is -1.54. The van der Waals surface area contributed by atoms with E-state index in [-0.39, 0.29) is 17.2 Å². The minimum Gasteiger partial charge on any atom is -0.480 e. The zero-order valence-electron chi connectivity index (χ0n) is 15.8. The number of nitrogens with one attached hydrogen (secondary N) is 1. The van der Waals surface area contributed by atoms with E-state index in [0.717, 1.165) is 32.3 Å². The molecule has 0 aliphatic heterocycles. The van der Waals surface area contributed by atoms with Crippen LogP contribution in [0.5, 0.6) is 0 Å². The van der Waals surface area contributed by atoms with Gasteiger partial charge in [0.1, 0.15) is 5.54 Å². The quantitative estimate of drug-likeness (QED) is 0.442. The Kier molecular flexibility index (Phi) is 4.39. The molecule has 0 unspecified atom stereocenters. The molecule has 0 aromatic heterocycles. The van der Waals surface area contributed by atoms with Crippen molar-refractivity contribution in [2.75, 3.05) is 0 Å². The Balaban J connectivity index is 1.46. The average molecular weight is 484 g/mol. The van der Waals surface area contributed by atoms with E-state index >= 15 is 0 Å². The molecule has 3 aromatic carbocycles. The topological polar surface area (TPSA) is 83.5 Å². The highest BCUT2D eigenvalue weighted by Gasteiger charge is 2.63. The third-order valence-corrected chi connectivity index (χ3v) is 7.99. The van der Waals surface area contributed by atoms with Crippen LogP contribution < -0.4 is 4.72 Å². The van der Waals surface area contributed by atoms with E-state index in [9.17, 15) is 18.3 Å². The maximum atomic E-state index is 13.1. The predicted molar refractivity (Wildman–Crippen MR) is 117 cm³/mol. The zero-order valence-corrected chi connectivity index (χ0v) is 18.2. The van der Waals surface area contributed by atoms with Crippen LogP contribution in [0, 0.1) is 0 Å². The second kappa shape index (κ2) is 6.77. The molecule has 2 atom stereocenters. The Hall–Kier alpha value is -2.48. The molecule has 0 bridgehead atoms. The Bertz CT molecular complexity index is 1290. The van der Waals surface area contributed by atoms with Crippen LogP contribution in [0.1, 0.15) is 29.0 Å². The van der Waals surface area contributed by atoms with Gasteiger partial charge in [-0.1, -0.05) is 58.4 Å². The first-order chi connectivity index (χ1) is 14.3. The number of fused-ring (bicyclic) bond motifs is 3. The Morgan fingerprint density at radius 2 is 1.67 bits per heavy atom. The van der Waals surface area contributed by atoms with Crippen LogP contribution in [0.25, 0.3) is 11.1 Å². The summed E-state index contributed by atoms with van der Waals surface area (Å²) in [5, 5.41) is 9.81. The van der Waals surface area contributed by atoms with Crippen LogP contribution in [-0.4, -0.2) is 25.0 Å². The fourth-order valence-electron chi connectivity index (χ4n) is 4.37. The summed E-state index contributed by atoms with van der Waals surface area (Å²) in [4.78, 5) is 12.1. The molecular weight excluding hydrogens is 466 g/mol. The van der Waals surface area contributed by atoms with Gasteiger partial charge in [-0.2, -0.15) is 4.72 Å². The number of rotatable bonds is 5. The van der Waals surface area contributed by atoms with Gasteiger partial charge in [0.25, 0.3) is 0 Å². The first-order valence-electron chi connectivity index (χ1n) is 9.54. The van der Waals surface area contributed by atoms with E-state index in [1.54, 1.807) is 18.2 Å². The Morgan fingerprint density at radius 1 is 1.00 bits per heavy atom. The van der Waals surface area contributed by atoms with Crippen molar-refractivity contribution >= 4 is 31.9 Å². The number of carboxylic acid groups (broad SMARTS) is 1. The minimum atomic E-state index is -4.00. The first kappa shape index (κ1) is 19.5. The molecule has 30 heavy (non-hydrogen) atoms. The van der Waals surface area contributed by atoms with Gasteiger partial charge in [-0.05, 0) is 64.9 Å². The molecule has 1 fully saturated rings. The third kappa shape index (κ3) is 3.09. The van der Waals surface area contributed by atoms with E-state index in [1.165, 1.54) is 0 Å². The van der Waals surface area contributed by atoms with Crippen molar-refractivity contribution in [1.29, 1.82) is 0 Å². The Labute approximate surface area is 182 Å². The van der Waals surface area contributed by atoms with Crippen molar-refractivity contribution in [3.05, 3.63) is 87.9 Å². The number of sulfonamides is 1. The highest BCUT2D eigenvalue weighted by Crippen LogP contribution is 2.52. The molecule has 5 rings (SSSR count). The van der Waals surface area contributed by atoms with Crippen LogP contribution in [0.4, 0.5) is 0 Å². The van der Waals surface area contributed by atoms with E-state index in [4.69, 9.17) is 0 Å². The van der Waals surface area contributed by atoms with Gasteiger partial charge in [0, 0.05) is 10.4 Å². The molecule has 2 aliphatic rings. The lowest BCUT2D eigenvalue weighted by atomic mass is 10.1. The molecule has 0 spiro atoms. The molecule has 7 heteroatoms. The predicted octanol–water partition coefficient (Wildman–Crippen LogP) is 4.31. The fourth-order valence-corrected chi connectivity index (χ4v) is 6.23. The van der Waals surface area contributed by atoms with E-state index in [2.05, 4.69) is 20.7 Å². The van der Waals surface area contributed by atoms with Crippen LogP contribution in [0.2, 0.25) is 0 Å². The van der Waals surface area contributed by atoms with E-state index < -0.39 is 21.5 Å². The van der Waals surface area contributed by atoms with E-state index in [1.807, 2.05) is 48.5 Å². The van der Waals surface area contributed by atoms with Crippen LogP contribution >= 0.6 is 15.9 Å². The standard InChI is InChI=1S/C23H18BrNO4S/c24-17-6-8-19-15(11-17)10-16-12-18(7-9-20(16)19)30(28,29)25-23(22(26)27)13-21(23)14-4-2-1-3-5-14/h1-9,11-12,21,25H,10,13H2,(H,26,27)/t21-,23-/m1/s1. The lowest BCUT2D eigenvalue weighted by Gasteiger charge is -2.16. The molecule has 0 heterocycles. The van der Waals surface area contributed by atoms with Gasteiger partial charge in [0.05, 0.1) is 4.90 Å². The summed E-state index contributed by atoms with van der Waals surface area (Å²) in [7, 11) is -4.00. The number of carbonyl (C=O) groups is 1. The number of benzene rings is 3. The van der Waals surface area contributed by atoms with Gasteiger partial charge in [-0.25, -0.2) is 8.42 Å². The Morgan fingerprint density at radius 3 is 2.37 bits per heavy atom.